The van der Waals surface area contributed by atoms with Crippen LogP contribution in [0.2, 0.25) is 0 Å². The highest BCUT2D eigenvalue weighted by Crippen LogP contribution is 2.04. The lowest BCUT2D eigenvalue weighted by atomic mass is 10.2. The molecular weight excluding hydrogens is 257 g/mol. The molecule has 0 aliphatic carbocycles. The number of nitrogens with zero attached hydrogens (tertiary/aromatic N) is 1. The van der Waals surface area contributed by atoms with Gasteiger partial charge < -0.3 is 15.1 Å². The van der Waals surface area contributed by atoms with E-state index in [0.717, 1.165) is 0 Å². The first kappa shape index (κ1) is 14.8. The third-order valence-corrected chi connectivity index (χ3v) is 1.89. The molecule has 0 unspecified atom stereocenters. The van der Waals surface area contributed by atoms with Crippen LogP contribution in [0.1, 0.15) is 0 Å². The number of carboxylic acid groups (broad SMARTS) is 2. The fraction of sp³-hybridized carbons (Fsp3) is 0.333. The Bertz CT molecular complexity index is 325. The van der Waals surface area contributed by atoms with E-state index in [2.05, 4.69) is 0 Å². The molecule has 0 aromatic rings. The summed E-state index contributed by atoms with van der Waals surface area (Å²) >= 11 is 9.56. The van der Waals surface area contributed by atoms with Gasteiger partial charge in [-0.05, 0) is 18.4 Å². The molecule has 0 fully saturated rings. The summed E-state index contributed by atoms with van der Waals surface area (Å²) in [7, 11) is 1.84. The van der Waals surface area contributed by atoms with Gasteiger partial charge in [-0.3, -0.25) is 0 Å². The number of halogens is 2. The zero-order valence-corrected chi connectivity index (χ0v) is 9.94. The monoisotopic (exact) mass is 267 g/mol. The van der Waals surface area contributed by atoms with E-state index in [1.807, 2.05) is 18.1 Å². The largest absolute Gasteiger partial charge is 0.479 e. The standard InChI is InChI=1S/C7H9NO2.C2H2Cl2O2/c1-8-4-2-3-6(5-8)7(9)10;3-1(4)2(5)6/h2-4H,5H2,1H3,(H,9,10);1H,(H,5,6). The maximum absolute atomic E-state index is 10.4. The van der Waals surface area contributed by atoms with Crippen molar-refractivity contribution in [3.05, 3.63) is 23.9 Å². The van der Waals surface area contributed by atoms with Crippen molar-refractivity contribution in [1.29, 1.82) is 0 Å². The summed E-state index contributed by atoms with van der Waals surface area (Å²) in [5.74, 6) is -2.05. The number of hydrogen-bond acceptors (Lipinski definition) is 3. The molecule has 1 heterocycles. The maximum Gasteiger partial charge on any atom is 0.337 e. The summed E-state index contributed by atoms with van der Waals surface area (Å²) in [5.41, 5.74) is 0.435. The number of likely N-dealkylation sites (N-methyl/N-ethyl adjacent to an activating group) is 1. The number of carboxylic acids is 2. The zero-order chi connectivity index (χ0) is 12.7. The molecule has 0 atom stereocenters. The van der Waals surface area contributed by atoms with Crippen LogP contribution >= 0.6 is 23.2 Å². The molecule has 0 saturated carbocycles. The Balaban J connectivity index is 0.000000325. The van der Waals surface area contributed by atoms with Crippen LogP contribution in [-0.2, 0) is 9.59 Å². The van der Waals surface area contributed by atoms with Crippen LogP contribution in [0, 0.1) is 0 Å². The average Bonchev–Trinajstić information content (AvgIpc) is 2.18. The lowest BCUT2D eigenvalue weighted by Crippen LogP contribution is -2.20. The van der Waals surface area contributed by atoms with Crippen molar-refractivity contribution in [1.82, 2.24) is 4.90 Å². The number of carbonyl (C=O) groups is 2. The molecule has 7 heteroatoms. The molecular formula is C9H11Cl2NO4. The smallest absolute Gasteiger partial charge is 0.337 e. The number of aliphatic carboxylic acids is 2. The third kappa shape index (κ3) is 6.31. The Morgan fingerprint density at radius 2 is 1.94 bits per heavy atom. The lowest BCUT2D eigenvalue weighted by molar-refractivity contribution is -0.135. The summed E-state index contributed by atoms with van der Waals surface area (Å²) in [6, 6.07) is 0. The quantitative estimate of drug-likeness (QED) is 0.739. The molecule has 2 N–H and O–H groups in total. The minimum absolute atomic E-state index is 0.435. The number of alkyl halides is 2. The van der Waals surface area contributed by atoms with Crippen molar-refractivity contribution in [2.45, 2.75) is 4.84 Å². The van der Waals surface area contributed by atoms with Gasteiger partial charge in [0.25, 0.3) is 0 Å². The molecule has 16 heavy (non-hydrogen) atoms. The van der Waals surface area contributed by atoms with Crippen molar-refractivity contribution in [3.63, 3.8) is 0 Å². The van der Waals surface area contributed by atoms with Crippen molar-refractivity contribution in [3.8, 4) is 0 Å². The van der Waals surface area contributed by atoms with Gasteiger partial charge in [0.15, 0.2) is 0 Å². The number of allylic oxidation sites excluding steroid dienone is 2. The Hall–Kier alpha value is -1.20. The van der Waals surface area contributed by atoms with Crippen molar-refractivity contribution in [2.24, 2.45) is 0 Å². The molecule has 0 saturated heterocycles. The van der Waals surface area contributed by atoms with E-state index in [1.54, 1.807) is 12.2 Å². The zero-order valence-electron chi connectivity index (χ0n) is 8.43. The van der Waals surface area contributed by atoms with Crippen LogP contribution in [0.25, 0.3) is 0 Å². The van der Waals surface area contributed by atoms with Gasteiger partial charge in [0.2, 0.25) is 4.84 Å². The maximum atomic E-state index is 10.4. The molecule has 0 aromatic heterocycles. The normalized spacial score (nSPS) is 14.0. The first-order chi connectivity index (χ1) is 7.34. The Labute approximate surface area is 103 Å². The molecule has 1 aliphatic rings. The van der Waals surface area contributed by atoms with E-state index in [9.17, 15) is 9.59 Å². The minimum atomic E-state index is -1.29. The Morgan fingerprint density at radius 1 is 1.44 bits per heavy atom. The molecule has 90 valence electrons. The highest BCUT2D eigenvalue weighted by molar-refractivity contribution is 6.52. The summed E-state index contributed by atoms with van der Waals surface area (Å²) in [6.07, 6.45) is 5.18. The van der Waals surface area contributed by atoms with Crippen LogP contribution in [0.3, 0.4) is 0 Å². The van der Waals surface area contributed by atoms with Gasteiger partial charge >= 0.3 is 11.9 Å². The highest BCUT2D eigenvalue weighted by Gasteiger charge is 2.09. The van der Waals surface area contributed by atoms with Gasteiger partial charge in [-0.25, -0.2) is 9.59 Å². The van der Waals surface area contributed by atoms with Gasteiger partial charge in [0, 0.05) is 13.6 Å². The second-order valence-corrected chi connectivity index (χ2v) is 3.99. The highest BCUT2D eigenvalue weighted by atomic mass is 35.5. The van der Waals surface area contributed by atoms with Crippen molar-refractivity contribution in [2.75, 3.05) is 13.6 Å². The van der Waals surface area contributed by atoms with E-state index in [4.69, 9.17) is 33.4 Å². The molecule has 0 radical (unpaired) electrons. The van der Waals surface area contributed by atoms with E-state index in [1.165, 1.54) is 0 Å². The average molecular weight is 268 g/mol. The second kappa shape index (κ2) is 7.14. The van der Waals surface area contributed by atoms with Crippen LogP contribution in [0.15, 0.2) is 23.9 Å². The van der Waals surface area contributed by atoms with Gasteiger partial charge in [-0.1, -0.05) is 23.2 Å². The fourth-order valence-corrected chi connectivity index (χ4v) is 0.819. The van der Waals surface area contributed by atoms with E-state index >= 15 is 0 Å². The van der Waals surface area contributed by atoms with E-state index in [0.29, 0.717) is 12.1 Å². The van der Waals surface area contributed by atoms with Crippen LogP contribution in [-0.4, -0.2) is 45.5 Å². The van der Waals surface area contributed by atoms with Crippen LogP contribution in [0.5, 0.6) is 0 Å². The van der Waals surface area contributed by atoms with Gasteiger partial charge in [0.05, 0.1) is 5.57 Å². The fourth-order valence-electron chi connectivity index (χ4n) is 0.819. The molecule has 0 spiro atoms. The number of rotatable bonds is 2. The van der Waals surface area contributed by atoms with E-state index in [-0.39, 0.29) is 0 Å². The van der Waals surface area contributed by atoms with Crippen molar-refractivity contribution >= 4 is 35.1 Å². The topological polar surface area (TPSA) is 77.8 Å². The van der Waals surface area contributed by atoms with Gasteiger partial charge in [0.1, 0.15) is 0 Å². The predicted octanol–water partition coefficient (Wildman–Crippen LogP) is 1.33. The first-order valence-electron chi connectivity index (χ1n) is 4.16. The summed E-state index contributed by atoms with van der Waals surface area (Å²) < 4.78 is 0. The molecule has 0 aromatic carbocycles. The van der Waals surface area contributed by atoms with Crippen LogP contribution < -0.4 is 0 Å². The minimum Gasteiger partial charge on any atom is -0.479 e. The first-order valence-corrected chi connectivity index (χ1v) is 5.03. The third-order valence-electron chi connectivity index (χ3n) is 1.52. The summed E-state index contributed by atoms with van der Waals surface area (Å²) in [6.45, 7) is 0.492. The molecule has 1 aliphatic heterocycles. The number of hydrogen-bond donors (Lipinski definition) is 2. The van der Waals surface area contributed by atoms with Gasteiger partial charge in [-0.2, -0.15) is 0 Å². The van der Waals surface area contributed by atoms with Gasteiger partial charge in [-0.15, -0.1) is 0 Å². The predicted molar refractivity (Wildman–Crippen MR) is 60.6 cm³/mol. The van der Waals surface area contributed by atoms with E-state index < -0.39 is 16.8 Å². The Morgan fingerprint density at radius 3 is 2.19 bits per heavy atom. The lowest BCUT2D eigenvalue weighted by Gasteiger charge is -2.16. The molecule has 0 bridgehead atoms. The van der Waals surface area contributed by atoms with Crippen LogP contribution in [0.4, 0.5) is 0 Å². The Kier molecular flexibility index (Phi) is 6.60. The second-order valence-electron chi connectivity index (χ2n) is 2.89. The summed E-state index contributed by atoms with van der Waals surface area (Å²) in [5, 5.41) is 16.3. The van der Waals surface area contributed by atoms with Crippen molar-refractivity contribution < 1.29 is 19.8 Å². The summed E-state index contributed by atoms with van der Waals surface area (Å²) in [4.78, 5) is 20.3. The SMILES string of the molecule is CN1C=CC=C(C(=O)O)C1.O=C(O)C(Cl)Cl. The molecule has 1 rings (SSSR count). The molecule has 5 nitrogen and oxygen atoms in total. The molecule has 0 amide bonds.